The molecular weight excluding hydrogens is 352 g/mol. The van der Waals surface area contributed by atoms with Crippen molar-refractivity contribution >= 4 is 23.8 Å². The van der Waals surface area contributed by atoms with Gasteiger partial charge < -0.3 is 18.9 Å². The summed E-state index contributed by atoms with van der Waals surface area (Å²) in [5, 5.41) is 9.07. The van der Waals surface area contributed by atoms with Crippen LogP contribution in [0.2, 0.25) is 0 Å². The Hall–Kier alpha value is -3.60. The Morgan fingerprint density at radius 1 is 1.30 bits per heavy atom. The summed E-state index contributed by atoms with van der Waals surface area (Å²) in [5.41, 5.74) is 1.03. The molecule has 140 valence electrons. The molecule has 2 heterocycles. The first-order valence-electron chi connectivity index (χ1n) is 8.10. The SMILES string of the molecule is CCOC(=O)c1c(C)[nH]c(C(=O)COC(=O)/C(C#N)=C/c2ccco2)c1C. The van der Waals surface area contributed by atoms with E-state index in [1.165, 1.54) is 12.3 Å². The molecule has 0 bridgehead atoms. The van der Waals surface area contributed by atoms with E-state index in [2.05, 4.69) is 4.98 Å². The quantitative estimate of drug-likeness (QED) is 0.344. The zero-order chi connectivity index (χ0) is 20.0. The average molecular weight is 370 g/mol. The van der Waals surface area contributed by atoms with Crippen molar-refractivity contribution in [1.29, 1.82) is 5.26 Å². The molecule has 8 nitrogen and oxygen atoms in total. The highest BCUT2D eigenvalue weighted by molar-refractivity contribution is 6.04. The molecule has 27 heavy (non-hydrogen) atoms. The van der Waals surface area contributed by atoms with Gasteiger partial charge in [-0.2, -0.15) is 5.26 Å². The number of furan rings is 1. The summed E-state index contributed by atoms with van der Waals surface area (Å²) in [5.74, 6) is -1.71. The standard InChI is InChI=1S/C19H18N2O6/c1-4-25-19(24)16-11(2)17(21-12(16)3)15(22)10-27-18(23)13(9-20)8-14-6-5-7-26-14/h5-8,21H,4,10H2,1-3H3/b13-8+. The molecular formula is C19H18N2O6. The molecule has 2 rings (SSSR count). The van der Waals surface area contributed by atoms with Crippen LogP contribution in [0.1, 0.15) is 44.8 Å². The summed E-state index contributed by atoms with van der Waals surface area (Å²) in [4.78, 5) is 39.2. The molecule has 0 fully saturated rings. The van der Waals surface area contributed by atoms with Crippen molar-refractivity contribution in [2.45, 2.75) is 20.8 Å². The molecule has 0 aromatic carbocycles. The molecule has 0 amide bonds. The summed E-state index contributed by atoms with van der Waals surface area (Å²) in [7, 11) is 0. The molecule has 0 saturated heterocycles. The number of aryl methyl sites for hydroxylation is 1. The third-order valence-corrected chi connectivity index (χ3v) is 3.70. The molecule has 0 aliphatic rings. The van der Waals surface area contributed by atoms with Gasteiger partial charge in [0.1, 0.15) is 17.4 Å². The van der Waals surface area contributed by atoms with E-state index < -0.39 is 24.3 Å². The molecule has 0 unspecified atom stereocenters. The van der Waals surface area contributed by atoms with Crippen LogP contribution in [0.3, 0.4) is 0 Å². The van der Waals surface area contributed by atoms with Gasteiger partial charge in [-0.15, -0.1) is 0 Å². The van der Waals surface area contributed by atoms with Crippen LogP contribution in [0.25, 0.3) is 6.08 Å². The molecule has 2 aromatic rings. The van der Waals surface area contributed by atoms with E-state index in [0.717, 1.165) is 0 Å². The molecule has 1 N–H and O–H groups in total. The number of carbonyl (C=O) groups is 3. The number of ketones is 1. The third kappa shape index (κ3) is 4.52. The number of carbonyl (C=O) groups excluding carboxylic acids is 3. The first-order valence-corrected chi connectivity index (χ1v) is 8.10. The highest BCUT2D eigenvalue weighted by Gasteiger charge is 2.24. The lowest BCUT2D eigenvalue weighted by atomic mass is 10.1. The number of hydrogen-bond acceptors (Lipinski definition) is 7. The number of esters is 2. The number of aromatic amines is 1. The van der Waals surface area contributed by atoms with Crippen molar-refractivity contribution < 1.29 is 28.3 Å². The van der Waals surface area contributed by atoms with E-state index in [1.807, 2.05) is 0 Å². The Morgan fingerprint density at radius 3 is 2.63 bits per heavy atom. The zero-order valence-electron chi connectivity index (χ0n) is 15.1. The second-order valence-corrected chi connectivity index (χ2v) is 5.53. The molecule has 8 heteroatoms. The van der Waals surface area contributed by atoms with Gasteiger partial charge in [-0.25, -0.2) is 9.59 Å². The van der Waals surface area contributed by atoms with Crippen LogP contribution in [-0.4, -0.2) is 35.9 Å². The summed E-state index contributed by atoms with van der Waals surface area (Å²) < 4.78 is 14.9. The maximum Gasteiger partial charge on any atom is 0.349 e. The third-order valence-electron chi connectivity index (χ3n) is 3.70. The number of nitrogens with one attached hydrogen (secondary N) is 1. The summed E-state index contributed by atoms with van der Waals surface area (Å²) in [6, 6.07) is 4.88. The summed E-state index contributed by atoms with van der Waals surface area (Å²) >= 11 is 0. The highest BCUT2D eigenvalue weighted by atomic mass is 16.5. The maximum atomic E-state index is 12.4. The fourth-order valence-corrected chi connectivity index (χ4v) is 2.47. The van der Waals surface area contributed by atoms with E-state index in [1.54, 1.807) is 39.0 Å². The van der Waals surface area contributed by atoms with Crippen LogP contribution in [-0.2, 0) is 14.3 Å². The van der Waals surface area contributed by atoms with Crippen molar-refractivity contribution in [1.82, 2.24) is 4.98 Å². The van der Waals surface area contributed by atoms with Crippen LogP contribution in [0.5, 0.6) is 0 Å². The van der Waals surface area contributed by atoms with Crippen LogP contribution in [0.4, 0.5) is 0 Å². The lowest BCUT2D eigenvalue weighted by Crippen LogP contribution is -2.16. The number of hydrogen-bond donors (Lipinski definition) is 1. The van der Waals surface area contributed by atoms with Gasteiger partial charge in [0, 0.05) is 11.8 Å². The number of Topliss-reactive ketones (excluding diaryl/α,β-unsaturated/α-hetero) is 1. The predicted molar refractivity (Wildman–Crippen MR) is 93.8 cm³/mol. The van der Waals surface area contributed by atoms with Crippen LogP contribution >= 0.6 is 0 Å². The summed E-state index contributed by atoms with van der Waals surface area (Å²) in [6.45, 7) is 4.55. The average Bonchev–Trinajstić information content (AvgIpc) is 3.25. The van der Waals surface area contributed by atoms with E-state index in [0.29, 0.717) is 17.0 Å². The van der Waals surface area contributed by atoms with E-state index in [4.69, 9.17) is 19.2 Å². The van der Waals surface area contributed by atoms with E-state index in [9.17, 15) is 14.4 Å². The molecule has 0 aliphatic heterocycles. The maximum absolute atomic E-state index is 12.4. The first kappa shape index (κ1) is 19.7. The molecule has 2 aromatic heterocycles. The van der Waals surface area contributed by atoms with Crippen molar-refractivity contribution in [2.24, 2.45) is 0 Å². The molecule has 0 saturated carbocycles. The Bertz CT molecular complexity index is 928. The van der Waals surface area contributed by atoms with Gasteiger partial charge in [0.15, 0.2) is 6.61 Å². The number of rotatable bonds is 7. The second-order valence-electron chi connectivity index (χ2n) is 5.53. The fraction of sp³-hybridized carbons (Fsp3) is 0.263. The van der Waals surface area contributed by atoms with Gasteiger partial charge in [-0.3, -0.25) is 4.79 Å². The van der Waals surface area contributed by atoms with Crippen LogP contribution in [0.15, 0.2) is 28.4 Å². The zero-order valence-corrected chi connectivity index (χ0v) is 15.1. The number of aromatic nitrogens is 1. The van der Waals surface area contributed by atoms with Gasteiger partial charge in [0.25, 0.3) is 0 Å². The Kier molecular flexibility index (Phi) is 6.33. The predicted octanol–water partition coefficient (Wildman–Crippen LogP) is 2.73. The Labute approximate surface area is 155 Å². The topological polar surface area (TPSA) is 122 Å². The monoisotopic (exact) mass is 370 g/mol. The van der Waals surface area contributed by atoms with Crippen LogP contribution < -0.4 is 0 Å². The van der Waals surface area contributed by atoms with E-state index in [-0.39, 0.29) is 23.4 Å². The number of nitrogens with zero attached hydrogens (tertiary/aromatic N) is 1. The fourth-order valence-electron chi connectivity index (χ4n) is 2.47. The summed E-state index contributed by atoms with van der Waals surface area (Å²) in [6.07, 6.45) is 2.61. The van der Waals surface area contributed by atoms with Gasteiger partial charge in [-0.05, 0) is 38.5 Å². The lowest BCUT2D eigenvalue weighted by Gasteiger charge is -2.04. The largest absolute Gasteiger partial charge is 0.465 e. The first-order chi connectivity index (χ1) is 12.9. The number of H-pyrrole nitrogens is 1. The molecule has 0 atom stereocenters. The Balaban J connectivity index is 2.10. The van der Waals surface area contributed by atoms with Gasteiger partial charge in [0.2, 0.25) is 5.78 Å². The van der Waals surface area contributed by atoms with Crippen molar-refractivity contribution in [3.63, 3.8) is 0 Å². The van der Waals surface area contributed by atoms with Crippen molar-refractivity contribution in [3.05, 3.63) is 52.2 Å². The van der Waals surface area contributed by atoms with Crippen molar-refractivity contribution in [2.75, 3.05) is 13.2 Å². The minimum absolute atomic E-state index is 0.150. The number of ether oxygens (including phenoxy) is 2. The lowest BCUT2D eigenvalue weighted by molar-refractivity contribution is -0.137. The molecule has 0 radical (unpaired) electrons. The normalized spacial score (nSPS) is 11.0. The van der Waals surface area contributed by atoms with Gasteiger partial charge in [0.05, 0.1) is 24.1 Å². The van der Waals surface area contributed by atoms with Gasteiger partial charge >= 0.3 is 11.9 Å². The van der Waals surface area contributed by atoms with Crippen LogP contribution in [0, 0.1) is 25.2 Å². The minimum atomic E-state index is -0.950. The highest BCUT2D eigenvalue weighted by Crippen LogP contribution is 2.20. The van der Waals surface area contributed by atoms with Crippen molar-refractivity contribution in [3.8, 4) is 6.07 Å². The molecule has 0 aliphatic carbocycles. The molecule has 0 spiro atoms. The Morgan fingerprint density at radius 2 is 2.04 bits per heavy atom. The van der Waals surface area contributed by atoms with Gasteiger partial charge in [-0.1, -0.05) is 0 Å². The smallest absolute Gasteiger partial charge is 0.349 e. The van der Waals surface area contributed by atoms with E-state index >= 15 is 0 Å². The number of nitriles is 1. The minimum Gasteiger partial charge on any atom is -0.465 e. The second kappa shape index (κ2) is 8.67.